The van der Waals surface area contributed by atoms with Crippen LogP contribution in [0, 0.1) is 5.92 Å². The van der Waals surface area contributed by atoms with Crippen molar-refractivity contribution in [3.8, 4) is 5.75 Å². The number of ether oxygens (including phenoxy) is 1. The number of hydrogen-bond donors (Lipinski definition) is 2. The number of halogens is 1. The van der Waals surface area contributed by atoms with Gasteiger partial charge in [0.15, 0.2) is 10.4 Å². The molecular weight excluding hydrogens is 436 g/mol. The summed E-state index contributed by atoms with van der Waals surface area (Å²) in [5.41, 5.74) is 2.15. The number of benzene rings is 2. The minimum absolute atomic E-state index is 0.185. The third kappa shape index (κ3) is 4.68. The van der Waals surface area contributed by atoms with Crippen LogP contribution in [0.15, 0.2) is 69.8 Å². The molecule has 3 aromatic rings. The molecular formula is C22H19BrN2O4. The molecule has 0 radical (unpaired) electrons. The molecule has 7 heteroatoms. The van der Waals surface area contributed by atoms with Crippen molar-refractivity contribution >= 4 is 33.4 Å². The Kier molecular flexibility index (Phi) is 5.67. The molecule has 29 heavy (non-hydrogen) atoms. The molecule has 0 saturated heterocycles. The Labute approximate surface area is 176 Å². The monoisotopic (exact) mass is 454 g/mol. The van der Waals surface area contributed by atoms with Gasteiger partial charge in [0.2, 0.25) is 0 Å². The molecule has 1 aliphatic heterocycles. The summed E-state index contributed by atoms with van der Waals surface area (Å²) in [7, 11) is 0. The van der Waals surface area contributed by atoms with E-state index in [4.69, 9.17) is 9.15 Å². The third-order valence-corrected chi connectivity index (χ3v) is 5.11. The SMILES string of the molecule is O=C(NCC1COc2ccccc2C1)c1cccc(NC(=O)c2ccc(Br)o2)c1. The van der Waals surface area contributed by atoms with E-state index in [9.17, 15) is 9.59 Å². The van der Waals surface area contributed by atoms with Gasteiger partial charge in [0, 0.05) is 23.7 Å². The molecule has 2 N–H and O–H groups in total. The van der Waals surface area contributed by atoms with Crippen LogP contribution in [-0.4, -0.2) is 25.0 Å². The Morgan fingerprint density at radius 2 is 1.90 bits per heavy atom. The first kappa shape index (κ1) is 19.3. The zero-order valence-corrected chi connectivity index (χ0v) is 17.1. The van der Waals surface area contributed by atoms with Crippen LogP contribution in [0.25, 0.3) is 0 Å². The summed E-state index contributed by atoms with van der Waals surface area (Å²) in [6.45, 7) is 1.09. The second-order valence-corrected chi connectivity index (χ2v) is 7.62. The van der Waals surface area contributed by atoms with Gasteiger partial charge in [0.25, 0.3) is 11.8 Å². The van der Waals surface area contributed by atoms with E-state index in [1.165, 1.54) is 0 Å². The highest BCUT2D eigenvalue weighted by Gasteiger charge is 2.20. The standard InChI is InChI=1S/C22H19BrN2O4/c23-20-9-8-19(29-20)22(27)25-17-6-3-5-16(11-17)21(26)24-12-14-10-15-4-1-2-7-18(15)28-13-14/h1-9,11,14H,10,12-13H2,(H,24,26)(H,25,27). The van der Waals surface area contributed by atoms with Crippen LogP contribution in [0.2, 0.25) is 0 Å². The number of para-hydroxylation sites is 1. The van der Waals surface area contributed by atoms with Crippen molar-refractivity contribution in [2.24, 2.45) is 5.92 Å². The second kappa shape index (κ2) is 8.53. The summed E-state index contributed by atoms with van der Waals surface area (Å²) in [6.07, 6.45) is 0.866. The summed E-state index contributed by atoms with van der Waals surface area (Å²) in [5.74, 6) is 0.743. The Balaban J connectivity index is 1.34. The van der Waals surface area contributed by atoms with Gasteiger partial charge in [-0.2, -0.15) is 0 Å². The van der Waals surface area contributed by atoms with Gasteiger partial charge in [-0.3, -0.25) is 9.59 Å². The van der Waals surface area contributed by atoms with Gasteiger partial charge in [0.1, 0.15) is 5.75 Å². The first-order chi connectivity index (χ1) is 14.1. The molecule has 1 atom stereocenters. The largest absolute Gasteiger partial charge is 0.493 e. The number of furan rings is 1. The lowest BCUT2D eigenvalue weighted by Crippen LogP contribution is -2.34. The second-order valence-electron chi connectivity index (χ2n) is 6.84. The maximum absolute atomic E-state index is 12.6. The highest BCUT2D eigenvalue weighted by Crippen LogP contribution is 2.26. The van der Waals surface area contributed by atoms with Crippen LogP contribution in [0.3, 0.4) is 0 Å². The molecule has 4 rings (SSSR count). The summed E-state index contributed by atoms with van der Waals surface area (Å²) in [4.78, 5) is 24.8. The van der Waals surface area contributed by atoms with Crippen LogP contribution in [0.4, 0.5) is 5.69 Å². The minimum Gasteiger partial charge on any atom is -0.493 e. The van der Waals surface area contributed by atoms with E-state index in [-0.39, 0.29) is 23.5 Å². The van der Waals surface area contributed by atoms with Crippen molar-refractivity contribution < 1.29 is 18.7 Å². The lowest BCUT2D eigenvalue weighted by Gasteiger charge is -2.25. The van der Waals surface area contributed by atoms with E-state index in [1.807, 2.05) is 24.3 Å². The number of amides is 2. The van der Waals surface area contributed by atoms with Crippen molar-refractivity contribution in [3.63, 3.8) is 0 Å². The number of carbonyl (C=O) groups excluding carboxylic acids is 2. The fourth-order valence-electron chi connectivity index (χ4n) is 3.23. The number of anilines is 1. The molecule has 0 fully saturated rings. The van der Waals surface area contributed by atoms with Gasteiger partial charge in [0.05, 0.1) is 6.61 Å². The lowest BCUT2D eigenvalue weighted by molar-refractivity contribution is 0.0937. The molecule has 1 aromatic heterocycles. The molecule has 0 aliphatic carbocycles. The summed E-state index contributed by atoms with van der Waals surface area (Å²) in [6, 6.07) is 18.0. The first-order valence-electron chi connectivity index (χ1n) is 9.24. The molecule has 2 amide bonds. The molecule has 2 heterocycles. The van der Waals surface area contributed by atoms with Gasteiger partial charge >= 0.3 is 0 Å². The van der Waals surface area contributed by atoms with Crippen LogP contribution in [-0.2, 0) is 6.42 Å². The molecule has 1 aliphatic rings. The minimum atomic E-state index is -0.383. The number of carbonyl (C=O) groups is 2. The average Bonchev–Trinajstić information content (AvgIpc) is 3.18. The van der Waals surface area contributed by atoms with Gasteiger partial charge in [-0.25, -0.2) is 0 Å². The zero-order valence-electron chi connectivity index (χ0n) is 15.5. The Hall–Kier alpha value is -3.06. The lowest BCUT2D eigenvalue weighted by atomic mass is 9.96. The maximum atomic E-state index is 12.6. The number of hydrogen-bond acceptors (Lipinski definition) is 4. The number of rotatable bonds is 5. The Morgan fingerprint density at radius 1 is 1.03 bits per heavy atom. The third-order valence-electron chi connectivity index (χ3n) is 4.69. The van der Waals surface area contributed by atoms with Gasteiger partial charge in [-0.05, 0) is 64.3 Å². The molecule has 6 nitrogen and oxygen atoms in total. The molecule has 148 valence electrons. The smallest absolute Gasteiger partial charge is 0.291 e. The zero-order chi connectivity index (χ0) is 20.2. The maximum Gasteiger partial charge on any atom is 0.291 e. The highest BCUT2D eigenvalue weighted by atomic mass is 79.9. The fraction of sp³-hybridized carbons (Fsp3) is 0.182. The Bertz CT molecular complexity index is 1050. The van der Waals surface area contributed by atoms with E-state index in [0.717, 1.165) is 17.7 Å². The van der Waals surface area contributed by atoms with Crippen LogP contribution in [0.1, 0.15) is 26.5 Å². The van der Waals surface area contributed by atoms with E-state index < -0.39 is 0 Å². The highest BCUT2D eigenvalue weighted by molar-refractivity contribution is 9.10. The van der Waals surface area contributed by atoms with E-state index in [1.54, 1.807) is 36.4 Å². The van der Waals surface area contributed by atoms with Crippen molar-refractivity contribution in [1.82, 2.24) is 5.32 Å². The predicted octanol–water partition coefficient (Wildman–Crippen LogP) is 4.28. The quantitative estimate of drug-likeness (QED) is 0.602. The fourth-order valence-corrected chi connectivity index (χ4v) is 3.53. The van der Waals surface area contributed by atoms with Crippen molar-refractivity contribution in [3.05, 3.63) is 82.2 Å². The topological polar surface area (TPSA) is 80.6 Å². The number of fused-ring (bicyclic) bond motifs is 1. The first-order valence-corrected chi connectivity index (χ1v) is 10.0. The van der Waals surface area contributed by atoms with E-state index in [0.29, 0.717) is 29.1 Å². The summed E-state index contributed by atoms with van der Waals surface area (Å²) >= 11 is 3.17. The normalized spacial score (nSPS) is 15.1. The van der Waals surface area contributed by atoms with E-state index >= 15 is 0 Å². The van der Waals surface area contributed by atoms with Crippen LogP contribution < -0.4 is 15.4 Å². The molecule has 1 unspecified atom stereocenters. The molecule has 0 spiro atoms. The van der Waals surface area contributed by atoms with Crippen LogP contribution in [0.5, 0.6) is 5.75 Å². The summed E-state index contributed by atoms with van der Waals surface area (Å²) in [5, 5.41) is 5.69. The Morgan fingerprint density at radius 3 is 2.72 bits per heavy atom. The molecule has 0 saturated carbocycles. The molecule has 0 bridgehead atoms. The number of nitrogens with one attached hydrogen (secondary N) is 2. The average molecular weight is 455 g/mol. The van der Waals surface area contributed by atoms with Crippen molar-refractivity contribution in [2.75, 3.05) is 18.5 Å². The van der Waals surface area contributed by atoms with Gasteiger partial charge < -0.3 is 19.8 Å². The molecule has 2 aromatic carbocycles. The van der Waals surface area contributed by atoms with E-state index in [2.05, 4.69) is 26.6 Å². The van der Waals surface area contributed by atoms with Crippen molar-refractivity contribution in [2.45, 2.75) is 6.42 Å². The van der Waals surface area contributed by atoms with Crippen LogP contribution >= 0.6 is 15.9 Å². The summed E-state index contributed by atoms with van der Waals surface area (Å²) < 4.78 is 11.5. The predicted molar refractivity (Wildman–Crippen MR) is 112 cm³/mol. The van der Waals surface area contributed by atoms with Gasteiger partial charge in [-0.15, -0.1) is 0 Å². The van der Waals surface area contributed by atoms with Gasteiger partial charge in [-0.1, -0.05) is 24.3 Å². The van der Waals surface area contributed by atoms with Crippen molar-refractivity contribution in [1.29, 1.82) is 0 Å².